The van der Waals surface area contributed by atoms with E-state index >= 15 is 0 Å². The summed E-state index contributed by atoms with van der Waals surface area (Å²) in [5.41, 5.74) is 1.64. The lowest BCUT2D eigenvalue weighted by molar-refractivity contribution is -0.119. The van der Waals surface area contributed by atoms with Crippen molar-refractivity contribution in [2.24, 2.45) is 11.3 Å². The maximum absolute atomic E-state index is 12.6. The predicted octanol–water partition coefficient (Wildman–Crippen LogP) is 3.44. The fourth-order valence-electron chi connectivity index (χ4n) is 3.68. The summed E-state index contributed by atoms with van der Waals surface area (Å²) in [5, 5.41) is 5.59. The number of aromatic nitrogens is 1. The first kappa shape index (κ1) is 22.5. The Hall–Kier alpha value is -3.22. The van der Waals surface area contributed by atoms with Gasteiger partial charge in [0.25, 0.3) is 11.5 Å². The van der Waals surface area contributed by atoms with E-state index in [2.05, 4.69) is 15.6 Å². The summed E-state index contributed by atoms with van der Waals surface area (Å²) in [6, 6.07) is 8.59. The Morgan fingerprint density at radius 3 is 2.61 bits per heavy atom. The highest BCUT2D eigenvalue weighted by atomic mass is 16.2. The number of carbonyl (C=O) groups excluding carboxylic acids is 3. The number of Topliss-reactive ketones (excluding diaryl/α,β-unsaturated/α-hetero) is 1. The molecule has 164 valence electrons. The molecule has 0 saturated carbocycles. The molecule has 1 atom stereocenters. The average molecular weight is 424 g/mol. The second-order valence-corrected chi connectivity index (χ2v) is 9.03. The lowest BCUT2D eigenvalue weighted by Gasteiger charge is -2.29. The maximum Gasteiger partial charge on any atom is 0.261 e. The summed E-state index contributed by atoms with van der Waals surface area (Å²) >= 11 is 0. The molecule has 2 aromatic rings. The highest BCUT2D eigenvalue weighted by Crippen LogP contribution is 2.33. The first-order valence-electron chi connectivity index (χ1n) is 10.6. The van der Waals surface area contributed by atoms with Crippen molar-refractivity contribution >= 4 is 23.3 Å². The third-order valence-corrected chi connectivity index (χ3v) is 5.67. The van der Waals surface area contributed by atoms with Crippen LogP contribution in [0.5, 0.6) is 0 Å². The molecule has 0 spiro atoms. The Bertz CT molecular complexity index is 1080. The topological polar surface area (TPSA) is 108 Å². The van der Waals surface area contributed by atoms with Gasteiger partial charge in [-0.15, -0.1) is 0 Å². The van der Waals surface area contributed by atoms with Gasteiger partial charge in [-0.2, -0.15) is 0 Å². The van der Waals surface area contributed by atoms with Crippen LogP contribution in [0, 0.1) is 11.3 Å². The van der Waals surface area contributed by atoms with E-state index in [1.807, 2.05) is 33.8 Å². The van der Waals surface area contributed by atoms with E-state index in [-0.39, 0.29) is 35.1 Å². The molecule has 0 bridgehead atoms. The molecule has 0 aliphatic heterocycles. The number of benzene rings is 1. The molecule has 31 heavy (non-hydrogen) atoms. The number of nitrogens with one attached hydrogen (secondary N) is 3. The van der Waals surface area contributed by atoms with Gasteiger partial charge in [0, 0.05) is 35.8 Å². The molecular formula is C24H29N3O4. The number of H-pyrrole nitrogens is 1. The standard InChI is InChI=1S/C24H29N3O4/c1-5-14(2)21(29)26-16-8-6-7-15(9-16)13-25-22(30)18-10-17-19(27-23(18)31)11-24(3,4)12-20(17)28/h6-10,14H,5,11-13H2,1-4H3,(H,25,30)(H,26,29)(H,27,31). The van der Waals surface area contributed by atoms with Crippen LogP contribution in [0.2, 0.25) is 0 Å². The normalized spacial score (nSPS) is 15.7. The largest absolute Gasteiger partial charge is 0.348 e. The van der Waals surface area contributed by atoms with Crippen molar-refractivity contribution in [2.75, 3.05) is 5.32 Å². The zero-order chi connectivity index (χ0) is 22.8. The van der Waals surface area contributed by atoms with Crippen molar-refractivity contribution in [3.8, 4) is 0 Å². The minimum absolute atomic E-state index is 0.0582. The lowest BCUT2D eigenvalue weighted by Crippen LogP contribution is -2.34. The van der Waals surface area contributed by atoms with E-state index in [9.17, 15) is 19.2 Å². The molecule has 3 rings (SSSR count). The molecule has 7 nitrogen and oxygen atoms in total. The van der Waals surface area contributed by atoms with E-state index < -0.39 is 11.5 Å². The van der Waals surface area contributed by atoms with Gasteiger partial charge >= 0.3 is 0 Å². The summed E-state index contributed by atoms with van der Waals surface area (Å²) in [7, 11) is 0. The van der Waals surface area contributed by atoms with Crippen molar-refractivity contribution in [3.63, 3.8) is 0 Å². The Labute approximate surface area is 181 Å². The fourth-order valence-corrected chi connectivity index (χ4v) is 3.68. The van der Waals surface area contributed by atoms with Crippen LogP contribution in [-0.4, -0.2) is 22.6 Å². The van der Waals surface area contributed by atoms with Crippen LogP contribution in [-0.2, 0) is 17.8 Å². The van der Waals surface area contributed by atoms with Crippen molar-refractivity contribution in [1.82, 2.24) is 10.3 Å². The quantitative estimate of drug-likeness (QED) is 0.661. The summed E-state index contributed by atoms with van der Waals surface area (Å²) in [6.45, 7) is 7.95. The lowest BCUT2D eigenvalue weighted by atomic mass is 9.75. The number of amides is 2. The number of carbonyl (C=O) groups is 3. The molecule has 0 fully saturated rings. The average Bonchev–Trinajstić information content (AvgIpc) is 2.70. The van der Waals surface area contributed by atoms with E-state index in [4.69, 9.17) is 0 Å². The van der Waals surface area contributed by atoms with Crippen molar-refractivity contribution in [2.45, 2.75) is 53.5 Å². The summed E-state index contributed by atoms with van der Waals surface area (Å²) in [5.74, 6) is -0.762. The van der Waals surface area contributed by atoms with Gasteiger partial charge in [0.2, 0.25) is 5.91 Å². The van der Waals surface area contributed by atoms with Crippen molar-refractivity contribution < 1.29 is 14.4 Å². The van der Waals surface area contributed by atoms with Crippen LogP contribution in [0.25, 0.3) is 0 Å². The number of hydrogen-bond acceptors (Lipinski definition) is 4. The Kier molecular flexibility index (Phi) is 6.43. The van der Waals surface area contributed by atoms with Crippen molar-refractivity contribution in [3.05, 3.63) is 63.1 Å². The number of rotatable bonds is 6. The van der Waals surface area contributed by atoms with Gasteiger partial charge in [-0.05, 0) is 42.0 Å². The summed E-state index contributed by atoms with van der Waals surface area (Å²) in [6.07, 6.45) is 1.71. The molecule has 1 aliphatic rings. The minimum atomic E-state index is -0.546. The SMILES string of the molecule is CCC(C)C(=O)Nc1cccc(CNC(=O)c2cc3c([nH]c2=O)CC(C)(C)CC3=O)c1. The van der Waals surface area contributed by atoms with Gasteiger partial charge in [0.05, 0.1) is 0 Å². The zero-order valence-electron chi connectivity index (χ0n) is 18.4. The Morgan fingerprint density at radius 2 is 1.90 bits per heavy atom. The molecule has 0 saturated heterocycles. The predicted molar refractivity (Wildman–Crippen MR) is 119 cm³/mol. The van der Waals surface area contributed by atoms with Crippen LogP contribution < -0.4 is 16.2 Å². The number of hydrogen-bond donors (Lipinski definition) is 3. The molecule has 1 heterocycles. The summed E-state index contributed by atoms with van der Waals surface area (Å²) < 4.78 is 0. The van der Waals surface area contributed by atoms with Gasteiger partial charge in [0.1, 0.15) is 5.56 Å². The van der Waals surface area contributed by atoms with Crippen molar-refractivity contribution in [1.29, 1.82) is 0 Å². The van der Waals surface area contributed by atoms with E-state index in [0.29, 0.717) is 29.8 Å². The van der Waals surface area contributed by atoms with Crippen LogP contribution in [0.15, 0.2) is 35.1 Å². The molecule has 0 radical (unpaired) electrons. The Balaban J connectivity index is 1.71. The molecule has 1 aromatic carbocycles. The molecule has 3 N–H and O–H groups in total. The monoisotopic (exact) mass is 423 g/mol. The zero-order valence-corrected chi connectivity index (χ0v) is 18.4. The van der Waals surface area contributed by atoms with Gasteiger partial charge in [-0.25, -0.2) is 0 Å². The minimum Gasteiger partial charge on any atom is -0.348 e. The summed E-state index contributed by atoms with van der Waals surface area (Å²) in [4.78, 5) is 52.4. The van der Waals surface area contributed by atoms with Crippen LogP contribution in [0.1, 0.15) is 72.5 Å². The first-order valence-corrected chi connectivity index (χ1v) is 10.6. The molecule has 2 amide bonds. The van der Waals surface area contributed by atoms with E-state index in [1.165, 1.54) is 6.07 Å². The molecular weight excluding hydrogens is 394 g/mol. The molecule has 7 heteroatoms. The molecule has 1 aromatic heterocycles. The van der Waals surface area contributed by atoms with Gasteiger partial charge < -0.3 is 15.6 Å². The number of aromatic amines is 1. The van der Waals surface area contributed by atoms with E-state index in [1.54, 1.807) is 18.2 Å². The Morgan fingerprint density at radius 1 is 1.16 bits per heavy atom. The van der Waals surface area contributed by atoms with Gasteiger partial charge in [0.15, 0.2) is 5.78 Å². The first-order chi connectivity index (χ1) is 14.6. The fraction of sp³-hybridized carbons (Fsp3) is 0.417. The third kappa shape index (κ3) is 5.29. The molecule has 1 unspecified atom stereocenters. The highest BCUT2D eigenvalue weighted by Gasteiger charge is 2.32. The van der Waals surface area contributed by atoms with Crippen LogP contribution in [0.3, 0.4) is 0 Å². The number of fused-ring (bicyclic) bond motifs is 1. The molecule has 1 aliphatic carbocycles. The number of anilines is 1. The number of pyridine rings is 1. The van der Waals surface area contributed by atoms with Crippen LogP contribution in [0.4, 0.5) is 5.69 Å². The second kappa shape index (κ2) is 8.88. The third-order valence-electron chi connectivity index (χ3n) is 5.67. The van der Waals surface area contributed by atoms with Crippen LogP contribution >= 0.6 is 0 Å². The van der Waals surface area contributed by atoms with Gasteiger partial charge in [-0.3, -0.25) is 19.2 Å². The highest BCUT2D eigenvalue weighted by molar-refractivity contribution is 6.02. The smallest absolute Gasteiger partial charge is 0.261 e. The number of ketones is 1. The van der Waals surface area contributed by atoms with Gasteiger partial charge in [-0.1, -0.05) is 39.8 Å². The second-order valence-electron chi connectivity index (χ2n) is 9.03. The maximum atomic E-state index is 12.6. The van der Waals surface area contributed by atoms with E-state index in [0.717, 1.165) is 12.0 Å².